The highest BCUT2D eigenvalue weighted by Crippen LogP contribution is 2.40. The lowest BCUT2D eigenvalue weighted by molar-refractivity contribution is -0.134. The van der Waals surface area contributed by atoms with Crippen LogP contribution >= 0.6 is 0 Å². The van der Waals surface area contributed by atoms with Gasteiger partial charge >= 0.3 is 5.97 Å². The molecule has 0 heterocycles. The fraction of sp³-hybridized carbons (Fsp3) is 0.606. The van der Waals surface area contributed by atoms with Gasteiger partial charge in [-0.25, -0.2) is 0 Å². The summed E-state index contributed by atoms with van der Waals surface area (Å²) in [6.45, 7) is 8.81. The Kier molecular flexibility index (Phi) is 11.4. The second-order valence-corrected chi connectivity index (χ2v) is 10.9. The first-order chi connectivity index (χ1) is 17.0. The summed E-state index contributed by atoms with van der Waals surface area (Å²) in [7, 11) is 0. The second-order valence-electron chi connectivity index (χ2n) is 10.9. The molecule has 0 aliphatic heterocycles. The van der Waals surface area contributed by atoms with E-state index < -0.39 is 0 Å². The molecular weight excluding hydrogens is 428 g/mol. The summed E-state index contributed by atoms with van der Waals surface area (Å²) in [5, 5.41) is 0. The number of hydrogen-bond acceptors (Lipinski definition) is 2. The Morgan fingerprint density at radius 2 is 1.40 bits per heavy atom. The van der Waals surface area contributed by atoms with E-state index in [1.54, 1.807) is 5.56 Å². The van der Waals surface area contributed by atoms with Crippen molar-refractivity contribution in [2.75, 3.05) is 0 Å². The lowest BCUT2D eigenvalue weighted by atomic mass is 9.76. The Morgan fingerprint density at radius 3 is 2.06 bits per heavy atom. The number of carbonyl (C=O) groups excluding carboxylic acids is 1. The van der Waals surface area contributed by atoms with Crippen LogP contribution in [0.2, 0.25) is 0 Å². The van der Waals surface area contributed by atoms with Gasteiger partial charge in [-0.1, -0.05) is 89.5 Å². The molecule has 1 fully saturated rings. The Bertz CT molecular complexity index is 921. The topological polar surface area (TPSA) is 26.3 Å². The monoisotopic (exact) mass is 476 g/mol. The molecule has 2 nitrogen and oxygen atoms in total. The van der Waals surface area contributed by atoms with E-state index in [9.17, 15) is 4.79 Å². The summed E-state index contributed by atoms with van der Waals surface area (Å²) < 4.78 is 5.67. The third-order valence-electron chi connectivity index (χ3n) is 7.99. The Morgan fingerprint density at radius 1 is 0.771 bits per heavy atom. The summed E-state index contributed by atoms with van der Waals surface area (Å²) in [5.74, 6) is 2.25. The molecule has 2 aromatic carbocycles. The number of benzene rings is 2. The lowest BCUT2D eigenvalue weighted by Gasteiger charge is -2.30. The van der Waals surface area contributed by atoms with Crippen LogP contribution in [0.5, 0.6) is 5.75 Å². The summed E-state index contributed by atoms with van der Waals surface area (Å²) in [5.41, 5.74) is 6.41. The van der Waals surface area contributed by atoms with Gasteiger partial charge in [0.2, 0.25) is 0 Å². The summed E-state index contributed by atoms with van der Waals surface area (Å²) in [6, 6.07) is 13.2. The molecule has 0 N–H and O–H groups in total. The smallest absolute Gasteiger partial charge is 0.311 e. The lowest BCUT2D eigenvalue weighted by Crippen LogP contribution is -2.14. The number of esters is 1. The summed E-state index contributed by atoms with van der Waals surface area (Å²) in [4.78, 5) is 12.2. The molecule has 192 valence electrons. The number of unbranched alkanes of at least 4 members (excludes halogenated alkanes) is 6. The average Bonchev–Trinajstić information content (AvgIpc) is 2.86. The molecule has 0 atom stereocenters. The minimum absolute atomic E-state index is 0.113. The van der Waals surface area contributed by atoms with E-state index in [1.165, 1.54) is 87.3 Å². The molecule has 0 radical (unpaired) electrons. The molecular formula is C33H48O2. The summed E-state index contributed by atoms with van der Waals surface area (Å²) >= 11 is 0. The normalized spacial score (nSPS) is 17.9. The van der Waals surface area contributed by atoms with Gasteiger partial charge in [0.1, 0.15) is 5.75 Å². The predicted octanol–water partition coefficient (Wildman–Crippen LogP) is 10.1. The maximum absolute atomic E-state index is 12.2. The van der Waals surface area contributed by atoms with E-state index in [0.717, 1.165) is 30.2 Å². The molecule has 35 heavy (non-hydrogen) atoms. The molecule has 0 saturated heterocycles. The van der Waals surface area contributed by atoms with Crippen molar-refractivity contribution < 1.29 is 9.53 Å². The zero-order valence-corrected chi connectivity index (χ0v) is 22.8. The van der Waals surface area contributed by atoms with E-state index in [2.05, 4.69) is 51.1 Å². The maximum Gasteiger partial charge on any atom is 0.311 e. The average molecular weight is 477 g/mol. The molecule has 0 aromatic heterocycles. The van der Waals surface area contributed by atoms with Crippen molar-refractivity contribution in [2.24, 2.45) is 5.92 Å². The third kappa shape index (κ3) is 8.51. The fourth-order valence-corrected chi connectivity index (χ4v) is 5.75. The van der Waals surface area contributed by atoms with Gasteiger partial charge < -0.3 is 4.74 Å². The van der Waals surface area contributed by atoms with E-state index in [1.807, 2.05) is 13.0 Å². The summed E-state index contributed by atoms with van der Waals surface area (Å²) in [6.07, 6.45) is 17.2. The van der Waals surface area contributed by atoms with E-state index in [0.29, 0.717) is 12.2 Å². The van der Waals surface area contributed by atoms with Crippen LogP contribution in [-0.4, -0.2) is 5.97 Å². The molecule has 2 heteroatoms. The number of rotatable bonds is 13. The van der Waals surface area contributed by atoms with Crippen molar-refractivity contribution in [3.63, 3.8) is 0 Å². The predicted molar refractivity (Wildman–Crippen MR) is 149 cm³/mol. The Labute approximate surface area is 214 Å². The van der Waals surface area contributed by atoms with Crippen molar-refractivity contribution in [1.82, 2.24) is 0 Å². The van der Waals surface area contributed by atoms with Crippen molar-refractivity contribution in [3.8, 4) is 16.9 Å². The Hall–Kier alpha value is -2.09. The number of hydrogen-bond donors (Lipinski definition) is 0. The third-order valence-corrected chi connectivity index (χ3v) is 7.99. The zero-order chi connectivity index (χ0) is 25.0. The van der Waals surface area contributed by atoms with Gasteiger partial charge in [-0.05, 0) is 97.7 Å². The molecule has 0 unspecified atom stereocenters. The minimum Gasteiger partial charge on any atom is -0.426 e. The van der Waals surface area contributed by atoms with E-state index in [-0.39, 0.29) is 5.97 Å². The molecule has 1 saturated carbocycles. The SMILES string of the molecule is CCCCCCCC(=O)Oc1ccc(-c2ccc([C@H]3CC[C@H](CCCCC)CC3)c(C)c2)cc1C. The molecule has 0 amide bonds. The van der Waals surface area contributed by atoms with Gasteiger partial charge in [0.15, 0.2) is 0 Å². The van der Waals surface area contributed by atoms with Crippen LogP contribution in [0, 0.1) is 19.8 Å². The van der Waals surface area contributed by atoms with Gasteiger partial charge in [0.05, 0.1) is 0 Å². The van der Waals surface area contributed by atoms with Crippen molar-refractivity contribution in [2.45, 2.75) is 124 Å². The van der Waals surface area contributed by atoms with Gasteiger partial charge in [-0.3, -0.25) is 4.79 Å². The fourth-order valence-electron chi connectivity index (χ4n) is 5.75. The minimum atomic E-state index is -0.113. The van der Waals surface area contributed by atoms with Gasteiger partial charge in [-0.2, -0.15) is 0 Å². The second kappa shape index (κ2) is 14.5. The molecule has 0 bridgehead atoms. The van der Waals surface area contributed by atoms with Crippen LogP contribution < -0.4 is 4.74 Å². The van der Waals surface area contributed by atoms with Crippen LogP contribution in [0.1, 0.15) is 126 Å². The van der Waals surface area contributed by atoms with Gasteiger partial charge in [0.25, 0.3) is 0 Å². The van der Waals surface area contributed by atoms with Crippen molar-refractivity contribution >= 4 is 5.97 Å². The zero-order valence-electron chi connectivity index (χ0n) is 22.8. The Balaban J connectivity index is 1.55. The van der Waals surface area contributed by atoms with Gasteiger partial charge in [0, 0.05) is 6.42 Å². The molecule has 1 aliphatic rings. The van der Waals surface area contributed by atoms with Crippen LogP contribution in [0.15, 0.2) is 36.4 Å². The highest BCUT2D eigenvalue weighted by molar-refractivity contribution is 5.74. The first-order valence-corrected chi connectivity index (χ1v) is 14.4. The van der Waals surface area contributed by atoms with Crippen molar-refractivity contribution in [1.29, 1.82) is 0 Å². The van der Waals surface area contributed by atoms with E-state index >= 15 is 0 Å². The first kappa shape index (κ1) is 27.5. The van der Waals surface area contributed by atoms with Crippen molar-refractivity contribution in [3.05, 3.63) is 53.1 Å². The quantitative estimate of drug-likeness (QED) is 0.163. The first-order valence-electron chi connectivity index (χ1n) is 14.4. The number of aryl methyl sites for hydroxylation is 2. The van der Waals surface area contributed by atoms with Crippen LogP contribution in [-0.2, 0) is 4.79 Å². The largest absolute Gasteiger partial charge is 0.426 e. The van der Waals surface area contributed by atoms with Gasteiger partial charge in [-0.15, -0.1) is 0 Å². The molecule has 2 aromatic rings. The number of carbonyl (C=O) groups is 1. The molecule has 0 spiro atoms. The molecule has 1 aliphatic carbocycles. The van der Waals surface area contributed by atoms with E-state index in [4.69, 9.17) is 4.74 Å². The maximum atomic E-state index is 12.2. The highest BCUT2D eigenvalue weighted by Gasteiger charge is 2.23. The van der Waals surface area contributed by atoms with Crippen LogP contribution in [0.4, 0.5) is 0 Å². The number of ether oxygens (including phenoxy) is 1. The molecule has 3 rings (SSSR count). The highest BCUT2D eigenvalue weighted by atomic mass is 16.5. The van der Waals surface area contributed by atoms with Crippen LogP contribution in [0.25, 0.3) is 11.1 Å². The van der Waals surface area contributed by atoms with Crippen LogP contribution in [0.3, 0.4) is 0 Å². The standard InChI is InChI=1S/C33H48O2/c1-5-7-9-10-12-14-33(34)35-32-22-20-30(24-26(32)4)29-19-21-31(25(3)23-29)28-17-15-27(16-18-28)13-11-8-6-2/h19-24,27-28H,5-18H2,1-4H3/t27-,28-.